The molecule has 1 aromatic carbocycles. The fourth-order valence-corrected chi connectivity index (χ4v) is 8.55. The molecule has 4 aliphatic carbocycles. The predicted octanol–water partition coefficient (Wildman–Crippen LogP) is 6.48. The van der Waals surface area contributed by atoms with E-state index in [0.717, 1.165) is 47.6 Å². The highest BCUT2D eigenvalue weighted by molar-refractivity contribution is 6.30. The summed E-state index contributed by atoms with van der Waals surface area (Å²) in [6.07, 6.45) is 11.0. The van der Waals surface area contributed by atoms with Gasteiger partial charge in [-0.3, -0.25) is 0 Å². The van der Waals surface area contributed by atoms with Gasteiger partial charge in [-0.15, -0.1) is 0 Å². The van der Waals surface area contributed by atoms with E-state index >= 15 is 0 Å². The molecule has 168 valence electrons. The Bertz CT molecular complexity index is 885. The highest BCUT2D eigenvalue weighted by Crippen LogP contribution is 2.67. The fourth-order valence-electron chi connectivity index (χ4n) is 8.42. The number of hydrogen-bond donors (Lipinski definition) is 1. The van der Waals surface area contributed by atoms with Gasteiger partial charge in [0.15, 0.2) is 0 Å². The maximum atomic E-state index is 11.4. The molecular formula is C28H37ClO2. The molecular weight excluding hydrogens is 404 g/mol. The Balaban J connectivity index is 1.34. The van der Waals surface area contributed by atoms with Crippen LogP contribution in [0, 0.1) is 46.3 Å². The summed E-state index contributed by atoms with van der Waals surface area (Å²) in [5.74, 6) is 9.52. The van der Waals surface area contributed by atoms with Crippen molar-refractivity contribution in [2.45, 2.75) is 83.3 Å². The van der Waals surface area contributed by atoms with Crippen LogP contribution in [0.4, 0.5) is 0 Å². The van der Waals surface area contributed by atoms with Gasteiger partial charge in [-0.05, 0) is 117 Å². The van der Waals surface area contributed by atoms with Crippen molar-refractivity contribution in [3.8, 4) is 11.8 Å². The summed E-state index contributed by atoms with van der Waals surface area (Å²) in [6.45, 7) is 5.06. The molecule has 31 heavy (non-hydrogen) atoms. The summed E-state index contributed by atoms with van der Waals surface area (Å²) in [5.41, 5.74) is 0.798. The number of ether oxygens (including phenoxy) is 1. The third-order valence-corrected chi connectivity index (χ3v) is 10.5. The number of rotatable bonds is 1. The van der Waals surface area contributed by atoms with Gasteiger partial charge < -0.3 is 9.84 Å². The van der Waals surface area contributed by atoms with E-state index in [2.05, 4.69) is 25.7 Å². The highest BCUT2D eigenvalue weighted by Gasteiger charge is 2.61. The van der Waals surface area contributed by atoms with Crippen molar-refractivity contribution in [1.29, 1.82) is 0 Å². The minimum atomic E-state index is -0.853. The number of benzene rings is 1. The highest BCUT2D eigenvalue weighted by atomic mass is 35.5. The number of halogens is 1. The third kappa shape index (κ3) is 3.56. The zero-order valence-corrected chi connectivity index (χ0v) is 20.0. The summed E-state index contributed by atoms with van der Waals surface area (Å²) in [6, 6.07) is 7.60. The van der Waals surface area contributed by atoms with E-state index in [1.807, 2.05) is 31.4 Å². The first-order valence-electron chi connectivity index (χ1n) is 12.3. The number of methoxy groups -OCH3 is 1. The molecule has 1 aromatic rings. The first-order valence-corrected chi connectivity index (χ1v) is 12.7. The number of fused-ring (bicyclic) bond motifs is 5. The number of aliphatic hydroxyl groups is 1. The Morgan fingerprint density at radius 3 is 2.42 bits per heavy atom. The molecule has 0 heterocycles. The summed E-state index contributed by atoms with van der Waals surface area (Å²) in [4.78, 5) is 0. The van der Waals surface area contributed by atoms with Crippen LogP contribution >= 0.6 is 11.6 Å². The molecule has 1 N–H and O–H groups in total. The maximum absolute atomic E-state index is 11.4. The van der Waals surface area contributed by atoms with Gasteiger partial charge in [0.1, 0.15) is 5.60 Å². The molecule has 0 aromatic heterocycles. The molecule has 0 radical (unpaired) electrons. The van der Waals surface area contributed by atoms with E-state index in [0.29, 0.717) is 22.9 Å². The van der Waals surface area contributed by atoms with Crippen LogP contribution in [0.5, 0.6) is 0 Å². The Labute approximate surface area is 193 Å². The van der Waals surface area contributed by atoms with E-state index in [1.54, 1.807) is 0 Å². The second-order valence-electron chi connectivity index (χ2n) is 11.5. The third-order valence-electron chi connectivity index (χ3n) is 10.2. The first kappa shape index (κ1) is 21.8. The van der Waals surface area contributed by atoms with Crippen molar-refractivity contribution in [3.05, 3.63) is 34.9 Å². The monoisotopic (exact) mass is 440 g/mol. The molecule has 4 aliphatic rings. The van der Waals surface area contributed by atoms with Crippen LogP contribution < -0.4 is 0 Å². The zero-order chi connectivity index (χ0) is 21.9. The quantitative estimate of drug-likeness (QED) is 0.506. The van der Waals surface area contributed by atoms with Gasteiger partial charge in [0.05, 0.1) is 6.10 Å². The van der Waals surface area contributed by atoms with Crippen LogP contribution in [0.1, 0.15) is 77.2 Å². The molecule has 2 nitrogen and oxygen atoms in total. The van der Waals surface area contributed by atoms with E-state index < -0.39 is 5.60 Å². The Morgan fingerprint density at radius 1 is 0.935 bits per heavy atom. The fraction of sp³-hybridized carbons (Fsp3) is 0.714. The molecule has 5 rings (SSSR count). The van der Waals surface area contributed by atoms with Crippen molar-refractivity contribution in [1.82, 2.24) is 0 Å². The van der Waals surface area contributed by atoms with Crippen molar-refractivity contribution >= 4 is 11.6 Å². The molecule has 0 aliphatic heterocycles. The average molecular weight is 441 g/mol. The molecule has 0 amide bonds. The SMILES string of the molecule is CO[C@H]1CC[C@H]2[C@@H]3CC[C@@H]4C[C@@](O)(C#Cc5ccc(Cl)cc5)CC[C@]4(C)[C@H]3CC[C@]12C. The van der Waals surface area contributed by atoms with Crippen LogP contribution in [0.2, 0.25) is 5.02 Å². The minimum Gasteiger partial charge on any atom is -0.381 e. The van der Waals surface area contributed by atoms with Crippen molar-refractivity contribution < 1.29 is 9.84 Å². The topological polar surface area (TPSA) is 29.5 Å². The van der Waals surface area contributed by atoms with Crippen LogP contribution in [0.25, 0.3) is 0 Å². The van der Waals surface area contributed by atoms with E-state index in [1.165, 1.54) is 38.5 Å². The van der Waals surface area contributed by atoms with Crippen molar-refractivity contribution in [2.75, 3.05) is 7.11 Å². The average Bonchev–Trinajstić information content (AvgIpc) is 3.10. The molecule has 0 bridgehead atoms. The molecule has 0 unspecified atom stereocenters. The maximum Gasteiger partial charge on any atom is 0.126 e. The molecule has 3 heteroatoms. The summed E-state index contributed by atoms with van der Waals surface area (Å²) < 4.78 is 5.94. The van der Waals surface area contributed by atoms with Crippen LogP contribution in [0.15, 0.2) is 24.3 Å². The standard InChI is InChI=1S/C28H37ClO2/c1-26-16-17-28(30,15-12-19-4-7-21(29)8-5-19)18-20(26)6-9-22-23-10-11-25(31-3)27(23,2)14-13-24(22)26/h4-5,7-8,20,22-25,30H,6,9-11,13-14,16-18H2,1-3H3/t20-,22+,23+,24+,25+,26+,27+,28-/m1/s1. The predicted molar refractivity (Wildman–Crippen MR) is 126 cm³/mol. The molecule has 8 atom stereocenters. The van der Waals surface area contributed by atoms with E-state index in [-0.39, 0.29) is 0 Å². The Kier molecular flexibility index (Phi) is 5.48. The zero-order valence-electron chi connectivity index (χ0n) is 19.3. The van der Waals surface area contributed by atoms with Gasteiger partial charge >= 0.3 is 0 Å². The van der Waals surface area contributed by atoms with Crippen LogP contribution in [-0.2, 0) is 4.74 Å². The van der Waals surface area contributed by atoms with Crippen LogP contribution in [-0.4, -0.2) is 23.9 Å². The van der Waals surface area contributed by atoms with Crippen molar-refractivity contribution in [3.63, 3.8) is 0 Å². The molecule has 4 fully saturated rings. The lowest BCUT2D eigenvalue weighted by Gasteiger charge is -2.61. The van der Waals surface area contributed by atoms with Gasteiger partial charge in [0, 0.05) is 17.7 Å². The largest absolute Gasteiger partial charge is 0.381 e. The lowest BCUT2D eigenvalue weighted by Crippen LogP contribution is -2.56. The van der Waals surface area contributed by atoms with E-state index in [4.69, 9.17) is 16.3 Å². The van der Waals surface area contributed by atoms with Gasteiger partial charge in [-0.1, -0.05) is 37.3 Å². The second-order valence-corrected chi connectivity index (χ2v) is 11.9. The van der Waals surface area contributed by atoms with Gasteiger partial charge in [0.25, 0.3) is 0 Å². The van der Waals surface area contributed by atoms with Crippen molar-refractivity contribution in [2.24, 2.45) is 34.5 Å². The Morgan fingerprint density at radius 2 is 1.68 bits per heavy atom. The summed E-state index contributed by atoms with van der Waals surface area (Å²) in [7, 11) is 1.91. The summed E-state index contributed by atoms with van der Waals surface area (Å²) >= 11 is 5.99. The smallest absolute Gasteiger partial charge is 0.126 e. The molecule has 0 spiro atoms. The second kappa shape index (κ2) is 7.79. The Hall–Kier alpha value is -1.01. The molecule has 0 saturated heterocycles. The minimum absolute atomic E-state index is 0.351. The van der Waals surface area contributed by atoms with Crippen LogP contribution in [0.3, 0.4) is 0 Å². The lowest BCUT2D eigenvalue weighted by molar-refractivity contribution is -0.146. The lowest BCUT2D eigenvalue weighted by atomic mass is 9.44. The van der Waals surface area contributed by atoms with Gasteiger partial charge in [0.2, 0.25) is 0 Å². The van der Waals surface area contributed by atoms with Gasteiger partial charge in [-0.2, -0.15) is 0 Å². The van der Waals surface area contributed by atoms with E-state index in [9.17, 15) is 5.11 Å². The number of hydrogen-bond acceptors (Lipinski definition) is 2. The molecule has 4 saturated carbocycles. The first-order chi connectivity index (χ1) is 14.8. The normalized spacial score (nSPS) is 46.3. The summed E-state index contributed by atoms with van der Waals surface area (Å²) in [5, 5.41) is 12.1. The van der Waals surface area contributed by atoms with Gasteiger partial charge in [-0.25, -0.2) is 0 Å².